The molecule has 0 spiro atoms. The van der Waals surface area contributed by atoms with Crippen molar-refractivity contribution < 1.29 is 4.39 Å². The zero-order valence-electron chi connectivity index (χ0n) is 7.71. The van der Waals surface area contributed by atoms with Crippen molar-refractivity contribution in [3.63, 3.8) is 0 Å². The van der Waals surface area contributed by atoms with Crippen molar-refractivity contribution in [3.8, 4) is 0 Å². The number of nitrogens with zero attached hydrogens (tertiary/aromatic N) is 1. The van der Waals surface area contributed by atoms with Crippen molar-refractivity contribution in [2.45, 2.75) is 18.5 Å². The monoisotopic (exact) mass is 214 g/mol. The van der Waals surface area contributed by atoms with Crippen molar-refractivity contribution in [1.82, 2.24) is 10.3 Å². The summed E-state index contributed by atoms with van der Waals surface area (Å²) in [5.41, 5.74) is 0.957. The molecule has 2 nitrogen and oxygen atoms in total. The lowest BCUT2D eigenvalue weighted by atomic mass is 9.89. The van der Waals surface area contributed by atoms with Gasteiger partial charge in [0.1, 0.15) is 11.3 Å². The molecule has 2 unspecified atom stereocenters. The van der Waals surface area contributed by atoms with Gasteiger partial charge in [0, 0.05) is 18.7 Å². The standard InChI is InChI=1S/C10H12ClFN2/c11-10-5-7(1-4-14-10)8-2-3-13-6-9(8)12/h1,4-5,8-9,13H,2-3,6H2. The molecule has 0 aliphatic carbocycles. The highest BCUT2D eigenvalue weighted by atomic mass is 35.5. The van der Waals surface area contributed by atoms with E-state index in [9.17, 15) is 4.39 Å². The summed E-state index contributed by atoms with van der Waals surface area (Å²) in [6, 6.07) is 3.60. The van der Waals surface area contributed by atoms with E-state index in [0.717, 1.165) is 18.5 Å². The van der Waals surface area contributed by atoms with Gasteiger partial charge in [0.25, 0.3) is 0 Å². The quantitative estimate of drug-likeness (QED) is 0.725. The summed E-state index contributed by atoms with van der Waals surface area (Å²) in [4.78, 5) is 3.89. The molecule has 1 fully saturated rings. The molecule has 14 heavy (non-hydrogen) atoms. The topological polar surface area (TPSA) is 24.9 Å². The summed E-state index contributed by atoms with van der Waals surface area (Å²) >= 11 is 5.76. The van der Waals surface area contributed by atoms with Crippen LogP contribution in [0.4, 0.5) is 4.39 Å². The third-order valence-corrected chi connectivity index (χ3v) is 2.79. The van der Waals surface area contributed by atoms with Crippen molar-refractivity contribution in [1.29, 1.82) is 0 Å². The first kappa shape index (κ1) is 9.87. The number of piperidine rings is 1. The number of alkyl halides is 1. The summed E-state index contributed by atoms with van der Waals surface area (Å²) in [6.45, 7) is 1.30. The van der Waals surface area contributed by atoms with Crippen LogP contribution in [0.2, 0.25) is 5.15 Å². The molecule has 1 saturated heterocycles. The second-order valence-corrected chi connectivity index (χ2v) is 3.91. The van der Waals surface area contributed by atoms with Gasteiger partial charge in [-0.2, -0.15) is 0 Å². The van der Waals surface area contributed by atoms with E-state index in [1.54, 1.807) is 12.3 Å². The van der Waals surface area contributed by atoms with E-state index >= 15 is 0 Å². The van der Waals surface area contributed by atoms with E-state index in [1.807, 2.05) is 6.07 Å². The third-order valence-electron chi connectivity index (χ3n) is 2.59. The smallest absolute Gasteiger partial charge is 0.129 e. The molecule has 4 heteroatoms. The first-order chi connectivity index (χ1) is 6.77. The normalized spacial score (nSPS) is 27.6. The van der Waals surface area contributed by atoms with E-state index in [1.165, 1.54) is 0 Å². The number of halogens is 2. The van der Waals surface area contributed by atoms with Gasteiger partial charge in [0.2, 0.25) is 0 Å². The third kappa shape index (κ3) is 2.04. The van der Waals surface area contributed by atoms with Crippen LogP contribution in [0.3, 0.4) is 0 Å². The zero-order chi connectivity index (χ0) is 9.97. The molecule has 2 atom stereocenters. The molecule has 0 saturated carbocycles. The molecule has 2 heterocycles. The number of hydrogen-bond acceptors (Lipinski definition) is 2. The molecule has 0 radical (unpaired) electrons. The van der Waals surface area contributed by atoms with Gasteiger partial charge >= 0.3 is 0 Å². The number of pyridine rings is 1. The number of rotatable bonds is 1. The lowest BCUT2D eigenvalue weighted by Crippen LogP contribution is -2.36. The lowest BCUT2D eigenvalue weighted by molar-refractivity contribution is 0.231. The average Bonchev–Trinajstić information content (AvgIpc) is 2.18. The molecule has 0 bridgehead atoms. The number of nitrogens with one attached hydrogen (secondary N) is 1. The van der Waals surface area contributed by atoms with Gasteiger partial charge in [-0.05, 0) is 30.7 Å². The second-order valence-electron chi connectivity index (χ2n) is 3.53. The molecule has 1 aliphatic heterocycles. The van der Waals surface area contributed by atoms with E-state index in [2.05, 4.69) is 10.3 Å². The first-order valence-electron chi connectivity index (χ1n) is 4.73. The van der Waals surface area contributed by atoms with Crippen molar-refractivity contribution >= 4 is 11.6 Å². The van der Waals surface area contributed by atoms with Crippen LogP contribution >= 0.6 is 11.6 Å². The second kappa shape index (κ2) is 4.24. The Bertz CT molecular complexity index is 319. The Morgan fingerprint density at radius 1 is 1.57 bits per heavy atom. The molecule has 0 amide bonds. The number of hydrogen-bond donors (Lipinski definition) is 1. The molecule has 2 rings (SSSR count). The molecule has 1 aromatic rings. The highest BCUT2D eigenvalue weighted by Crippen LogP contribution is 2.28. The predicted octanol–water partition coefficient (Wildman–Crippen LogP) is 2.15. The fourth-order valence-electron chi connectivity index (χ4n) is 1.84. The highest BCUT2D eigenvalue weighted by Gasteiger charge is 2.25. The fourth-order valence-corrected chi connectivity index (χ4v) is 2.03. The average molecular weight is 215 g/mol. The van der Waals surface area contributed by atoms with Crippen LogP contribution < -0.4 is 5.32 Å². The van der Waals surface area contributed by atoms with Gasteiger partial charge in [-0.25, -0.2) is 9.37 Å². The molecule has 0 aromatic carbocycles. The van der Waals surface area contributed by atoms with Crippen LogP contribution in [0, 0.1) is 0 Å². The van der Waals surface area contributed by atoms with Gasteiger partial charge in [0.15, 0.2) is 0 Å². The van der Waals surface area contributed by atoms with Crippen LogP contribution in [0.25, 0.3) is 0 Å². The maximum Gasteiger partial charge on any atom is 0.129 e. The van der Waals surface area contributed by atoms with Crippen LogP contribution in [-0.2, 0) is 0 Å². The summed E-state index contributed by atoms with van der Waals surface area (Å²) in [7, 11) is 0. The minimum Gasteiger partial charge on any atom is -0.314 e. The van der Waals surface area contributed by atoms with Gasteiger partial charge in [-0.15, -0.1) is 0 Å². The van der Waals surface area contributed by atoms with Crippen molar-refractivity contribution in [3.05, 3.63) is 29.0 Å². The molecule has 76 valence electrons. The van der Waals surface area contributed by atoms with Crippen LogP contribution in [0.5, 0.6) is 0 Å². The zero-order valence-corrected chi connectivity index (χ0v) is 8.47. The summed E-state index contributed by atoms with van der Waals surface area (Å²) in [5.74, 6) is -0.0308. The Balaban J connectivity index is 2.20. The molecule has 1 N–H and O–H groups in total. The van der Waals surface area contributed by atoms with Crippen LogP contribution in [-0.4, -0.2) is 24.2 Å². The van der Waals surface area contributed by atoms with Gasteiger partial charge < -0.3 is 5.32 Å². The summed E-state index contributed by atoms with van der Waals surface area (Å²) in [6.07, 6.45) is 1.63. The van der Waals surface area contributed by atoms with E-state index in [-0.39, 0.29) is 5.92 Å². The minimum atomic E-state index is -0.817. The molecular weight excluding hydrogens is 203 g/mol. The Morgan fingerprint density at radius 3 is 3.14 bits per heavy atom. The van der Waals surface area contributed by atoms with Gasteiger partial charge in [-0.1, -0.05) is 11.6 Å². The largest absolute Gasteiger partial charge is 0.314 e. The molecular formula is C10H12ClFN2. The summed E-state index contributed by atoms with van der Waals surface area (Å²) in [5, 5.41) is 3.46. The Morgan fingerprint density at radius 2 is 2.43 bits per heavy atom. The van der Waals surface area contributed by atoms with Crippen molar-refractivity contribution in [2.75, 3.05) is 13.1 Å². The molecule has 1 aliphatic rings. The van der Waals surface area contributed by atoms with E-state index in [0.29, 0.717) is 11.7 Å². The Kier molecular flexibility index (Phi) is 2.99. The van der Waals surface area contributed by atoms with E-state index in [4.69, 9.17) is 11.6 Å². The molecule has 1 aromatic heterocycles. The van der Waals surface area contributed by atoms with Crippen molar-refractivity contribution in [2.24, 2.45) is 0 Å². The lowest BCUT2D eigenvalue weighted by Gasteiger charge is -2.26. The Labute approximate surface area is 87.5 Å². The SMILES string of the molecule is FC1CNCCC1c1ccnc(Cl)c1. The fraction of sp³-hybridized carbons (Fsp3) is 0.500. The van der Waals surface area contributed by atoms with Gasteiger partial charge in [0.05, 0.1) is 0 Å². The first-order valence-corrected chi connectivity index (χ1v) is 5.11. The number of aromatic nitrogens is 1. The van der Waals surface area contributed by atoms with E-state index < -0.39 is 6.17 Å². The summed E-state index contributed by atoms with van der Waals surface area (Å²) < 4.78 is 13.5. The van der Waals surface area contributed by atoms with Crippen LogP contribution in [0.15, 0.2) is 18.3 Å². The maximum absolute atomic E-state index is 13.5. The highest BCUT2D eigenvalue weighted by molar-refractivity contribution is 6.29. The van der Waals surface area contributed by atoms with Gasteiger partial charge in [-0.3, -0.25) is 0 Å². The van der Waals surface area contributed by atoms with Crippen LogP contribution in [0.1, 0.15) is 17.9 Å². The predicted molar refractivity (Wildman–Crippen MR) is 54.4 cm³/mol. The maximum atomic E-state index is 13.5. The minimum absolute atomic E-state index is 0.0308. The Hall–Kier alpha value is -0.670.